The van der Waals surface area contributed by atoms with E-state index in [1.54, 1.807) is 0 Å². The van der Waals surface area contributed by atoms with Crippen LogP contribution in [0.3, 0.4) is 0 Å². The molecule has 0 heterocycles. The van der Waals surface area contributed by atoms with Crippen LogP contribution in [0.15, 0.2) is 0 Å². The predicted molar refractivity (Wildman–Crippen MR) is 230 cm³/mol. The van der Waals surface area contributed by atoms with Crippen LogP contribution in [0.5, 0.6) is 0 Å². The maximum atomic E-state index is 5.23. The van der Waals surface area contributed by atoms with Gasteiger partial charge in [0.15, 0.2) is 0 Å². The number of hydrogen-bond acceptors (Lipinski definition) is 4. The van der Waals surface area contributed by atoms with Gasteiger partial charge in [-0.2, -0.15) is 0 Å². The van der Waals surface area contributed by atoms with E-state index >= 15 is 0 Å². The van der Waals surface area contributed by atoms with E-state index in [2.05, 4.69) is 37.5 Å². The van der Waals surface area contributed by atoms with E-state index in [4.69, 9.17) is 49.7 Å². The third kappa shape index (κ3) is 47.6. The molecule has 0 aliphatic carbocycles. The van der Waals surface area contributed by atoms with E-state index in [1.807, 2.05) is 0 Å². The molecule has 0 aromatic rings. The van der Waals surface area contributed by atoms with Crippen molar-refractivity contribution in [3.63, 3.8) is 0 Å². The van der Waals surface area contributed by atoms with Gasteiger partial charge in [0.05, 0.1) is 0 Å². The first-order valence-corrected chi connectivity index (χ1v) is 21.0. The van der Waals surface area contributed by atoms with Crippen LogP contribution in [0.4, 0.5) is 0 Å². The van der Waals surface area contributed by atoms with Crippen molar-refractivity contribution >= 4 is 85.3 Å². The van der Waals surface area contributed by atoms with Gasteiger partial charge in [-0.3, -0.25) is 0 Å². The summed E-state index contributed by atoms with van der Waals surface area (Å²) in [5.74, 6) is 0. The minimum absolute atomic E-state index is 0. The summed E-state index contributed by atoms with van der Waals surface area (Å²) in [6.07, 6.45) is 37.8. The Morgan fingerprint density at radius 2 is 0.489 bits per heavy atom. The molecule has 0 amide bonds. The number of unbranched alkanes of at least 4 members (excludes halogenated alkanes) is 24. The number of hydrogen-bond donors (Lipinski definition) is 0. The molecule has 0 aromatic heterocycles. The van der Waals surface area contributed by atoms with Gasteiger partial charge in [0.1, 0.15) is 0 Å². The Labute approximate surface area is 347 Å². The Bertz CT molecular complexity index is 515. The monoisotopic (exact) mass is 850 g/mol. The van der Waals surface area contributed by atoms with Gasteiger partial charge in [0, 0.05) is 47.2 Å². The van der Waals surface area contributed by atoms with E-state index in [0.29, 0.717) is 8.64 Å². The molecule has 0 fully saturated rings. The van der Waals surface area contributed by atoms with Crippen molar-refractivity contribution in [3.05, 3.63) is 0 Å². The zero-order chi connectivity index (χ0) is 32.9. The average Bonchev–Trinajstić information content (AvgIpc) is 3.01. The summed E-state index contributed by atoms with van der Waals surface area (Å²) in [6, 6.07) is 0. The SMILES string of the molecule is CCCCCCCCCN(CCCCCCCCC)C(=S)[S-].CCCCCCCCCN(CCCCCCCCC)C(=S)[S-].[Mo].[S-2].[S-2]. The Hall–Kier alpha value is 1.61. The largest absolute Gasteiger partial charge is 2.00 e. The fraction of sp³-hybridized carbons (Fsp3) is 0.947. The Kier molecular flexibility index (Phi) is 61.3. The van der Waals surface area contributed by atoms with Crippen molar-refractivity contribution < 1.29 is 21.1 Å². The van der Waals surface area contributed by atoms with Gasteiger partial charge < -0.3 is 86.5 Å². The maximum Gasteiger partial charge on any atom is 0.0162 e. The van der Waals surface area contributed by atoms with E-state index < -0.39 is 0 Å². The van der Waals surface area contributed by atoms with Crippen LogP contribution >= 0.6 is 24.4 Å². The van der Waals surface area contributed by atoms with Crippen LogP contribution < -0.4 is 0 Å². The van der Waals surface area contributed by atoms with Crippen LogP contribution in [0.25, 0.3) is 0 Å². The molecule has 0 radical (unpaired) electrons. The second-order valence-corrected chi connectivity index (χ2v) is 15.1. The molecule has 0 unspecified atom stereocenters. The zero-order valence-electron chi connectivity index (χ0n) is 31.4. The summed E-state index contributed by atoms with van der Waals surface area (Å²) >= 11 is 20.9. The Morgan fingerprint density at radius 3 is 0.638 bits per heavy atom. The molecule has 9 heteroatoms. The summed E-state index contributed by atoms with van der Waals surface area (Å²) in [4.78, 5) is 4.51. The van der Waals surface area contributed by atoms with Gasteiger partial charge in [-0.1, -0.05) is 190 Å². The third-order valence-electron chi connectivity index (χ3n) is 8.64. The van der Waals surface area contributed by atoms with Crippen LogP contribution in [-0.4, -0.2) is 44.6 Å². The Morgan fingerprint density at radius 1 is 0.340 bits per heavy atom. The second kappa shape index (κ2) is 49.7. The van der Waals surface area contributed by atoms with E-state index in [1.165, 1.54) is 180 Å². The molecule has 0 atom stereocenters. The molecular weight excluding hydrogens is 773 g/mol. The molecule has 0 rings (SSSR count). The predicted octanol–water partition coefficient (Wildman–Crippen LogP) is 13.2. The topological polar surface area (TPSA) is 6.48 Å². The van der Waals surface area contributed by atoms with Crippen molar-refractivity contribution in [1.29, 1.82) is 0 Å². The summed E-state index contributed by atoms with van der Waals surface area (Å²) in [7, 11) is 0. The minimum atomic E-state index is 0. The van der Waals surface area contributed by atoms with Crippen LogP contribution in [0, 0.1) is 0 Å². The quantitative estimate of drug-likeness (QED) is 0.0286. The second-order valence-electron chi connectivity index (χ2n) is 13.0. The fourth-order valence-electron chi connectivity index (χ4n) is 5.63. The first-order chi connectivity index (χ1) is 21.4. The van der Waals surface area contributed by atoms with Crippen LogP contribution in [-0.2, 0) is 73.3 Å². The first-order valence-electron chi connectivity index (χ1n) is 19.4. The molecule has 0 bridgehead atoms. The molecule has 0 spiro atoms. The first kappa shape index (κ1) is 57.9. The molecule has 0 aliphatic rings. The summed E-state index contributed by atoms with van der Waals surface area (Å²) in [5.41, 5.74) is 0. The van der Waals surface area contributed by atoms with Gasteiger partial charge in [-0.05, 0) is 25.7 Å². The normalized spacial score (nSPS) is 10.1. The molecule has 47 heavy (non-hydrogen) atoms. The van der Waals surface area contributed by atoms with Crippen molar-refractivity contribution in [1.82, 2.24) is 9.80 Å². The van der Waals surface area contributed by atoms with Gasteiger partial charge in [-0.15, -0.1) is 0 Å². The molecule has 0 N–H and O–H groups in total. The molecule has 0 aliphatic heterocycles. The van der Waals surface area contributed by atoms with Crippen molar-refractivity contribution in [3.8, 4) is 0 Å². The Balaban J connectivity index is -0.000000235. The smallest absolute Gasteiger partial charge is 0.0162 e. The van der Waals surface area contributed by atoms with Crippen molar-refractivity contribution in [2.75, 3.05) is 26.2 Å². The van der Waals surface area contributed by atoms with Crippen LogP contribution in [0.1, 0.15) is 207 Å². The molecule has 0 saturated carbocycles. The molecule has 286 valence electrons. The number of thiocarbonyl (C=S) groups is 2. The van der Waals surface area contributed by atoms with E-state index in [9.17, 15) is 0 Å². The summed E-state index contributed by atoms with van der Waals surface area (Å²) in [5, 5.41) is 0. The van der Waals surface area contributed by atoms with E-state index in [0.717, 1.165) is 26.2 Å². The van der Waals surface area contributed by atoms with Crippen molar-refractivity contribution in [2.24, 2.45) is 0 Å². The fourth-order valence-corrected chi connectivity index (χ4v) is 6.36. The van der Waals surface area contributed by atoms with Gasteiger partial charge >= 0.3 is 0 Å². The van der Waals surface area contributed by atoms with E-state index in [-0.39, 0.29) is 48.1 Å². The minimum Gasteiger partial charge on any atom is -2.00 e. The van der Waals surface area contributed by atoms with Crippen molar-refractivity contribution in [2.45, 2.75) is 207 Å². The number of nitrogens with zero attached hydrogens (tertiary/aromatic N) is 2. The average molecular weight is 849 g/mol. The maximum absolute atomic E-state index is 5.23. The summed E-state index contributed by atoms with van der Waals surface area (Å²) in [6.45, 7) is 13.4. The molecule has 2 nitrogen and oxygen atoms in total. The van der Waals surface area contributed by atoms with Gasteiger partial charge in [0.2, 0.25) is 0 Å². The standard InChI is InChI=1S/2C19H39NS2.Mo.2S/c2*1-3-5-7-9-11-13-15-17-20(19(21)22)18-16-14-12-10-8-6-4-2;;;/h2*3-18H2,1-2H3,(H,21,22);;;/q;;;2*-2/p-2. The number of rotatable bonds is 32. The molecule has 0 saturated heterocycles. The van der Waals surface area contributed by atoms with Gasteiger partial charge in [-0.25, -0.2) is 0 Å². The van der Waals surface area contributed by atoms with Crippen LogP contribution in [0.2, 0.25) is 0 Å². The summed E-state index contributed by atoms with van der Waals surface area (Å²) < 4.78 is 1.36. The molecular formula is C38H76MoN2S6-6. The zero-order valence-corrected chi connectivity index (χ0v) is 38.3. The van der Waals surface area contributed by atoms with Gasteiger partial charge in [0.25, 0.3) is 0 Å². The molecule has 0 aromatic carbocycles. The third-order valence-corrected chi connectivity index (χ3v) is 9.68.